The van der Waals surface area contributed by atoms with Gasteiger partial charge in [0.1, 0.15) is 5.75 Å². The molecule has 0 amide bonds. The van der Waals surface area contributed by atoms with E-state index in [1.807, 2.05) is 6.07 Å². The SMILES string of the molecule is CN(C)C1(CNCc2cc3c(cc2O)OCO3)CCCC1. The van der Waals surface area contributed by atoms with Gasteiger partial charge in [-0.3, -0.25) is 0 Å². The van der Waals surface area contributed by atoms with E-state index in [0.29, 0.717) is 18.0 Å². The number of nitrogens with one attached hydrogen (secondary N) is 1. The number of fused-ring (bicyclic) bond motifs is 1. The first-order valence-electron chi connectivity index (χ1n) is 7.60. The number of aromatic hydroxyl groups is 1. The normalized spacial score (nSPS) is 19.4. The molecule has 1 aromatic carbocycles. The summed E-state index contributed by atoms with van der Waals surface area (Å²) in [5.41, 5.74) is 1.11. The molecule has 5 heteroatoms. The van der Waals surface area contributed by atoms with E-state index in [1.54, 1.807) is 6.07 Å². The van der Waals surface area contributed by atoms with E-state index >= 15 is 0 Å². The third-order valence-corrected chi connectivity index (χ3v) is 4.83. The topological polar surface area (TPSA) is 54.0 Å². The lowest BCUT2D eigenvalue weighted by molar-refractivity contribution is 0.153. The van der Waals surface area contributed by atoms with E-state index < -0.39 is 0 Å². The van der Waals surface area contributed by atoms with Gasteiger partial charge in [-0.25, -0.2) is 0 Å². The first kappa shape index (κ1) is 14.5. The van der Waals surface area contributed by atoms with Gasteiger partial charge in [0.15, 0.2) is 11.5 Å². The number of ether oxygens (including phenoxy) is 2. The number of hydrogen-bond donors (Lipinski definition) is 2. The van der Waals surface area contributed by atoms with Gasteiger partial charge in [-0.1, -0.05) is 12.8 Å². The van der Waals surface area contributed by atoms with Gasteiger partial charge in [0.25, 0.3) is 0 Å². The van der Waals surface area contributed by atoms with Crippen molar-refractivity contribution in [2.24, 2.45) is 0 Å². The minimum atomic E-state index is 0.232. The van der Waals surface area contributed by atoms with Crippen molar-refractivity contribution in [2.45, 2.75) is 37.8 Å². The van der Waals surface area contributed by atoms with Crippen LogP contribution < -0.4 is 14.8 Å². The predicted molar refractivity (Wildman–Crippen MR) is 80.8 cm³/mol. The minimum absolute atomic E-state index is 0.232. The Kier molecular flexibility index (Phi) is 3.95. The molecule has 1 heterocycles. The number of phenols is 1. The number of rotatable bonds is 5. The Balaban J connectivity index is 1.63. The average Bonchev–Trinajstić information content (AvgIpc) is 3.08. The summed E-state index contributed by atoms with van der Waals surface area (Å²) in [5.74, 6) is 1.60. The van der Waals surface area contributed by atoms with E-state index in [9.17, 15) is 5.11 Å². The fraction of sp³-hybridized carbons (Fsp3) is 0.625. The fourth-order valence-electron chi connectivity index (χ4n) is 3.36. The highest BCUT2D eigenvalue weighted by Crippen LogP contribution is 2.38. The van der Waals surface area contributed by atoms with Crippen LogP contribution in [0.15, 0.2) is 12.1 Å². The molecule has 2 N–H and O–H groups in total. The summed E-state index contributed by atoms with van der Waals surface area (Å²) in [5, 5.41) is 13.6. The average molecular weight is 292 g/mol. The van der Waals surface area contributed by atoms with Gasteiger partial charge in [-0.2, -0.15) is 0 Å². The molecule has 0 bridgehead atoms. The second kappa shape index (κ2) is 5.73. The summed E-state index contributed by atoms with van der Waals surface area (Å²) in [6.07, 6.45) is 5.07. The molecule has 1 aromatic rings. The van der Waals surface area contributed by atoms with Crippen LogP contribution in [0, 0.1) is 0 Å². The molecule has 2 aliphatic rings. The Morgan fingerprint density at radius 2 is 1.86 bits per heavy atom. The van der Waals surface area contributed by atoms with Crippen molar-refractivity contribution in [1.29, 1.82) is 0 Å². The monoisotopic (exact) mass is 292 g/mol. The van der Waals surface area contributed by atoms with Crippen LogP contribution in [0.5, 0.6) is 17.2 Å². The number of nitrogens with zero attached hydrogens (tertiary/aromatic N) is 1. The van der Waals surface area contributed by atoms with Crippen molar-refractivity contribution in [1.82, 2.24) is 10.2 Å². The standard InChI is InChI=1S/C16H24N2O3/c1-18(2)16(5-3-4-6-16)10-17-9-12-7-14-15(8-13(12)19)21-11-20-14/h7-8,17,19H,3-6,9-11H2,1-2H3. The van der Waals surface area contributed by atoms with E-state index in [0.717, 1.165) is 12.1 Å². The lowest BCUT2D eigenvalue weighted by Crippen LogP contribution is -2.49. The van der Waals surface area contributed by atoms with Gasteiger partial charge in [0.05, 0.1) is 0 Å². The molecular formula is C16H24N2O3. The second-order valence-electron chi connectivity index (χ2n) is 6.26. The number of likely N-dealkylation sites (N-methyl/N-ethyl adjacent to an activating group) is 1. The number of hydrogen-bond acceptors (Lipinski definition) is 5. The molecule has 0 unspecified atom stereocenters. The highest BCUT2D eigenvalue weighted by Gasteiger charge is 2.35. The lowest BCUT2D eigenvalue weighted by atomic mass is 9.96. The third-order valence-electron chi connectivity index (χ3n) is 4.83. The maximum absolute atomic E-state index is 10.1. The summed E-state index contributed by atoms with van der Waals surface area (Å²) >= 11 is 0. The molecular weight excluding hydrogens is 268 g/mol. The number of phenolic OH excluding ortho intramolecular Hbond substituents is 1. The molecule has 5 nitrogen and oxygen atoms in total. The van der Waals surface area contributed by atoms with E-state index in [2.05, 4.69) is 24.3 Å². The third kappa shape index (κ3) is 2.80. The predicted octanol–water partition coefficient (Wildman–Crippen LogP) is 2.08. The van der Waals surface area contributed by atoms with Crippen molar-refractivity contribution in [2.75, 3.05) is 27.4 Å². The Morgan fingerprint density at radius 3 is 2.52 bits per heavy atom. The molecule has 0 saturated heterocycles. The Morgan fingerprint density at radius 1 is 1.19 bits per heavy atom. The van der Waals surface area contributed by atoms with Crippen molar-refractivity contribution < 1.29 is 14.6 Å². The van der Waals surface area contributed by atoms with E-state index in [1.165, 1.54) is 25.7 Å². The van der Waals surface area contributed by atoms with Crippen LogP contribution in [-0.4, -0.2) is 43.0 Å². The van der Waals surface area contributed by atoms with Crippen molar-refractivity contribution in [3.63, 3.8) is 0 Å². The molecule has 1 aliphatic heterocycles. The van der Waals surface area contributed by atoms with Gasteiger partial charge in [-0.05, 0) is 33.0 Å². The van der Waals surface area contributed by atoms with Gasteiger partial charge in [0, 0.05) is 30.3 Å². The minimum Gasteiger partial charge on any atom is -0.507 e. The molecule has 0 atom stereocenters. The zero-order chi connectivity index (χ0) is 14.9. The number of benzene rings is 1. The highest BCUT2D eigenvalue weighted by atomic mass is 16.7. The van der Waals surface area contributed by atoms with Gasteiger partial charge in [-0.15, -0.1) is 0 Å². The Bertz CT molecular complexity index is 510. The molecule has 0 spiro atoms. The molecule has 1 aliphatic carbocycles. The van der Waals surface area contributed by atoms with Crippen LogP contribution in [0.3, 0.4) is 0 Å². The summed E-state index contributed by atoms with van der Waals surface area (Å²) in [6.45, 7) is 1.81. The maximum Gasteiger partial charge on any atom is 0.231 e. The largest absolute Gasteiger partial charge is 0.507 e. The van der Waals surface area contributed by atoms with Crippen LogP contribution in [0.4, 0.5) is 0 Å². The van der Waals surface area contributed by atoms with Crippen LogP contribution >= 0.6 is 0 Å². The summed E-state index contributed by atoms with van der Waals surface area (Å²) in [6, 6.07) is 3.50. The summed E-state index contributed by atoms with van der Waals surface area (Å²) in [4.78, 5) is 2.34. The molecule has 21 heavy (non-hydrogen) atoms. The summed E-state index contributed by atoms with van der Waals surface area (Å²) in [7, 11) is 4.32. The Labute approximate surface area is 125 Å². The zero-order valence-electron chi connectivity index (χ0n) is 12.8. The first-order valence-corrected chi connectivity index (χ1v) is 7.60. The van der Waals surface area contributed by atoms with Gasteiger partial charge < -0.3 is 24.8 Å². The molecule has 0 aromatic heterocycles. The van der Waals surface area contributed by atoms with Gasteiger partial charge in [0.2, 0.25) is 6.79 Å². The van der Waals surface area contributed by atoms with Crippen molar-refractivity contribution >= 4 is 0 Å². The first-order chi connectivity index (χ1) is 10.1. The molecule has 1 saturated carbocycles. The zero-order valence-corrected chi connectivity index (χ0v) is 12.8. The Hall–Kier alpha value is -1.46. The van der Waals surface area contributed by atoms with Crippen molar-refractivity contribution in [3.8, 4) is 17.2 Å². The van der Waals surface area contributed by atoms with Crippen molar-refractivity contribution in [3.05, 3.63) is 17.7 Å². The van der Waals surface area contributed by atoms with E-state index in [-0.39, 0.29) is 18.1 Å². The summed E-state index contributed by atoms with van der Waals surface area (Å²) < 4.78 is 10.6. The molecule has 3 rings (SSSR count). The smallest absolute Gasteiger partial charge is 0.231 e. The fourth-order valence-corrected chi connectivity index (χ4v) is 3.36. The van der Waals surface area contributed by atoms with Crippen LogP contribution in [-0.2, 0) is 6.54 Å². The maximum atomic E-state index is 10.1. The van der Waals surface area contributed by atoms with Crippen LogP contribution in [0.1, 0.15) is 31.2 Å². The lowest BCUT2D eigenvalue weighted by Gasteiger charge is -2.36. The molecule has 0 radical (unpaired) electrons. The van der Waals surface area contributed by atoms with Crippen LogP contribution in [0.2, 0.25) is 0 Å². The van der Waals surface area contributed by atoms with Crippen LogP contribution in [0.25, 0.3) is 0 Å². The molecule has 116 valence electrons. The quantitative estimate of drug-likeness (QED) is 0.870. The highest BCUT2D eigenvalue weighted by molar-refractivity contribution is 5.51. The van der Waals surface area contributed by atoms with Gasteiger partial charge >= 0.3 is 0 Å². The van der Waals surface area contributed by atoms with E-state index in [4.69, 9.17) is 9.47 Å². The second-order valence-corrected chi connectivity index (χ2v) is 6.26. The molecule has 1 fully saturated rings.